The molecule has 0 amide bonds. The van der Waals surface area contributed by atoms with E-state index in [0.29, 0.717) is 12.5 Å². The second-order valence-electron chi connectivity index (χ2n) is 4.15. The third-order valence-electron chi connectivity index (χ3n) is 3.16. The van der Waals surface area contributed by atoms with Crippen molar-refractivity contribution in [1.82, 2.24) is 4.57 Å². The number of carbonyl (C=O) groups is 1. The number of hydrogen-bond acceptors (Lipinski definition) is 2. The van der Waals surface area contributed by atoms with Gasteiger partial charge in [-0.1, -0.05) is 0 Å². The largest absolute Gasteiger partial charge is 0.469 e. The molecule has 0 radical (unpaired) electrons. The van der Waals surface area contributed by atoms with Gasteiger partial charge in [-0.2, -0.15) is 0 Å². The monoisotopic (exact) mass is 207 g/mol. The SMILES string of the molecule is COC(=O)CCc1ccc2n1C(C)CC2. The van der Waals surface area contributed by atoms with Crippen LogP contribution in [0, 0.1) is 0 Å². The van der Waals surface area contributed by atoms with Crippen molar-refractivity contribution in [3.05, 3.63) is 23.5 Å². The summed E-state index contributed by atoms with van der Waals surface area (Å²) in [6.07, 6.45) is 3.66. The van der Waals surface area contributed by atoms with Crippen molar-refractivity contribution in [3.8, 4) is 0 Å². The number of fused-ring (bicyclic) bond motifs is 1. The van der Waals surface area contributed by atoms with Gasteiger partial charge in [0.15, 0.2) is 0 Å². The van der Waals surface area contributed by atoms with Gasteiger partial charge in [-0.05, 0) is 38.3 Å². The molecule has 3 heteroatoms. The quantitative estimate of drug-likeness (QED) is 0.711. The maximum Gasteiger partial charge on any atom is 0.305 e. The van der Waals surface area contributed by atoms with Crippen LogP contribution in [-0.2, 0) is 22.4 Å². The van der Waals surface area contributed by atoms with Crippen LogP contribution in [0.15, 0.2) is 12.1 Å². The predicted octanol–water partition coefficient (Wildman–Crippen LogP) is 2.10. The van der Waals surface area contributed by atoms with E-state index in [1.165, 1.54) is 31.3 Å². The van der Waals surface area contributed by atoms with E-state index in [1.54, 1.807) is 0 Å². The summed E-state index contributed by atoms with van der Waals surface area (Å²) in [7, 11) is 1.44. The Kier molecular flexibility index (Phi) is 2.80. The summed E-state index contributed by atoms with van der Waals surface area (Å²) in [6, 6.07) is 4.90. The number of methoxy groups -OCH3 is 1. The normalized spacial score (nSPS) is 18.9. The molecule has 2 heterocycles. The van der Waals surface area contributed by atoms with E-state index in [1.807, 2.05) is 0 Å². The van der Waals surface area contributed by atoms with Gasteiger partial charge in [-0.25, -0.2) is 0 Å². The van der Waals surface area contributed by atoms with Gasteiger partial charge in [0, 0.05) is 17.4 Å². The van der Waals surface area contributed by atoms with Crippen molar-refractivity contribution >= 4 is 5.97 Å². The Morgan fingerprint density at radius 1 is 1.60 bits per heavy atom. The maximum absolute atomic E-state index is 11.1. The average Bonchev–Trinajstić information content (AvgIpc) is 2.79. The van der Waals surface area contributed by atoms with Crippen LogP contribution in [0.4, 0.5) is 0 Å². The first-order valence-corrected chi connectivity index (χ1v) is 5.48. The molecule has 1 unspecified atom stereocenters. The topological polar surface area (TPSA) is 31.2 Å². The van der Waals surface area contributed by atoms with Crippen molar-refractivity contribution < 1.29 is 9.53 Å². The molecule has 3 nitrogen and oxygen atoms in total. The first-order chi connectivity index (χ1) is 7.22. The summed E-state index contributed by atoms with van der Waals surface area (Å²) < 4.78 is 7.01. The van der Waals surface area contributed by atoms with Crippen LogP contribution in [0.25, 0.3) is 0 Å². The molecule has 0 bridgehead atoms. The Bertz CT molecular complexity index is 368. The molecule has 1 atom stereocenters. The molecule has 2 rings (SSSR count). The zero-order valence-corrected chi connectivity index (χ0v) is 9.32. The molecule has 1 aromatic heterocycles. The number of nitrogens with zero attached hydrogens (tertiary/aromatic N) is 1. The first kappa shape index (κ1) is 10.3. The molecule has 0 saturated heterocycles. The lowest BCUT2D eigenvalue weighted by molar-refractivity contribution is -0.140. The first-order valence-electron chi connectivity index (χ1n) is 5.48. The molecular weight excluding hydrogens is 190 g/mol. The van der Waals surface area contributed by atoms with E-state index >= 15 is 0 Å². The minimum absolute atomic E-state index is 0.129. The predicted molar refractivity (Wildman–Crippen MR) is 57.8 cm³/mol. The van der Waals surface area contributed by atoms with Gasteiger partial charge < -0.3 is 9.30 Å². The van der Waals surface area contributed by atoms with Crippen LogP contribution in [0.2, 0.25) is 0 Å². The van der Waals surface area contributed by atoms with E-state index < -0.39 is 0 Å². The van der Waals surface area contributed by atoms with E-state index in [-0.39, 0.29) is 5.97 Å². The van der Waals surface area contributed by atoms with Gasteiger partial charge in [0.25, 0.3) is 0 Å². The van der Waals surface area contributed by atoms with Crippen molar-refractivity contribution in [2.45, 2.75) is 38.6 Å². The van der Waals surface area contributed by atoms with E-state index in [4.69, 9.17) is 0 Å². The molecule has 82 valence electrons. The minimum Gasteiger partial charge on any atom is -0.469 e. The number of aryl methyl sites for hydroxylation is 2. The maximum atomic E-state index is 11.1. The Labute approximate surface area is 90.0 Å². The Morgan fingerprint density at radius 3 is 3.13 bits per heavy atom. The Balaban J connectivity index is 2.07. The van der Waals surface area contributed by atoms with Crippen LogP contribution in [0.1, 0.15) is 37.2 Å². The van der Waals surface area contributed by atoms with Crippen molar-refractivity contribution in [3.63, 3.8) is 0 Å². The van der Waals surface area contributed by atoms with Crippen LogP contribution >= 0.6 is 0 Å². The fourth-order valence-electron chi connectivity index (χ4n) is 2.33. The second kappa shape index (κ2) is 4.09. The van der Waals surface area contributed by atoms with Gasteiger partial charge in [0.05, 0.1) is 13.5 Å². The highest BCUT2D eigenvalue weighted by molar-refractivity contribution is 5.69. The highest BCUT2D eigenvalue weighted by Crippen LogP contribution is 2.28. The van der Waals surface area contributed by atoms with Crippen LogP contribution in [0.3, 0.4) is 0 Å². The van der Waals surface area contributed by atoms with E-state index in [2.05, 4.69) is 28.4 Å². The fraction of sp³-hybridized carbons (Fsp3) is 0.583. The minimum atomic E-state index is -0.129. The van der Waals surface area contributed by atoms with Gasteiger partial charge in [-0.3, -0.25) is 4.79 Å². The molecule has 0 fully saturated rings. The number of aromatic nitrogens is 1. The fourth-order valence-corrected chi connectivity index (χ4v) is 2.33. The van der Waals surface area contributed by atoms with Gasteiger partial charge >= 0.3 is 5.97 Å². The third-order valence-corrected chi connectivity index (χ3v) is 3.16. The summed E-state index contributed by atoms with van der Waals surface area (Å²) in [5.41, 5.74) is 2.67. The van der Waals surface area contributed by atoms with Gasteiger partial charge in [0.1, 0.15) is 0 Å². The number of hydrogen-bond donors (Lipinski definition) is 0. The average molecular weight is 207 g/mol. The Hall–Kier alpha value is -1.25. The van der Waals surface area contributed by atoms with Crippen LogP contribution in [0.5, 0.6) is 0 Å². The van der Waals surface area contributed by atoms with Crippen molar-refractivity contribution in [1.29, 1.82) is 0 Å². The summed E-state index contributed by atoms with van der Waals surface area (Å²) in [5, 5.41) is 0. The Morgan fingerprint density at radius 2 is 2.40 bits per heavy atom. The number of esters is 1. The molecule has 0 saturated carbocycles. The molecule has 15 heavy (non-hydrogen) atoms. The molecule has 1 aromatic rings. The van der Waals surface area contributed by atoms with E-state index in [9.17, 15) is 4.79 Å². The molecule has 0 aromatic carbocycles. The number of rotatable bonds is 3. The molecule has 0 N–H and O–H groups in total. The lowest BCUT2D eigenvalue weighted by Crippen LogP contribution is -2.08. The summed E-state index contributed by atoms with van der Waals surface area (Å²) >= 11 is 0. The molecular formula is C12H17NO2. The zero-order valence-electron chi connectivity index (χ0n) is 9.32. The summed E-state index contributed by atoms with van der Waals surface area (Å²) in [6.45, 7) is 2.23. The van der Waals surface area contributed by atoms with Crippen molar-refractivity contribution in [2.75, 3.05) is 7.11 Å². The number of ether oxygens (including phenoxy) is 1. The van der Waals surface area contributed by atoms with Gasteiger partial charge in [-0.15, -0.1) is 0 Å². The van der Waals surface area contributed by atoms with E-state index in [0.717, 1.165) is 6.42 Å². The zero-order chi connectivity index (χ0) is 10.8. The molecule has 1 aliphatic heterocycles. The smallest absolute Gasteiger partial charge is 0.305 e. The molecule has 0 spiro atoms. The lowest BCUT2D eigenvalue weighted by atomic mass is 10.2. The third kappa shape index (κ3) is 1.91. The molecule has 0 aliphatic carbocycles. The van der Waals surface area contributed by atoms with Gasteiger partial charge in [0.2, 0.25) is 0 Å². The van der Waals surface area contributed by atoms with Crippen LogP contribution < -0.4 is 0 Å². The number of carbonyl (C=O) groups excluding carboxylic acids is 1. The van der Waals surface area contributed by atoms with Crippen LogP contribution in [-0.4, -0.2) is 17.6 Å². The molecule has 1 aliphatic rings. The highest BCUT2D eigenvalue weighted by Gasteiger charge is 2.20. The summed E-state index contributed by atoms with van der Waals surface area (Å²) in [5.74, 6) is -0.129. The standard InChI is InChI=1S/C12H17NO2/c1-9-3-4-10-5-6-11(13(9)10)7-8-12(14)15-2/h5-6,9H,3-4,7-8H2,1-2H3. The van der Waals surface area contributed by atoms with Crippen molar-refractivity contribution in [2.24, 2.45) is 0 Å². The highest BCUT2D eigenvalue weighted by atomic mass is 16.5. The lowest BCUT2D eigenvalue weighted by Gasteiger charge is -2.11. The second-order valence-corrected chi connectivity index (χ2v) is 4.15. The summed E-state index contributed by atoms with van der Waals surface area (Å²) in [4.78, 5) is 11.1.